The number of likely N-dealkylation sites (tertiary alicyclic amines) is 1. The third-order valence-electron chi connectivity index (χ3n) is 5.27. The van der Waals surface area contributed by atoms with Crippen molar-refractivity contribution in [1.82, 2.24) is 10.2 Å². The lowest BCUT2D eigenvalue weighted by Crippen LogP contribution is -2.61. The molecule has 134 valence electrons. The van der Waals surface area contributed by atoms with Gasteiger partial charge in [0.25, 0.3) is 0 Å². The Bertz CT molecular complexity index is 402. The molecule has 5 nitrogen and oxygen atoms in total. The summed E-state index contributed by atoms with van der Waals surface area (Å²) >= 11 is 0. The summed E-state index contributed by atoms with van der Waals surface area (Å²) in [5.41, 5.74) is -0.202. The van der Waals surface area contributed by atoms with Crippen LogP contribution in [0.5, 0.6) is 0 Å². The Balaban J connectivity index is 1.90. The summed E-state index contributed by atoms with van der Waals surface area (Å²) in [4.78, 5) is 14.3. The number of carbonyl (C=O) groups is 1. The van der Waals surface area contributed by atoms with E-state index < -0.39 is 5.60 Å². The van der Waals surface area contributed by atoms with Gasteiger partial charge in [0.05, 0.1) is 0 Å². The van der Waals surface area contributed by atoms with Crippen LogP contribution in [0.2, 0.25) is 0 Å². The highest BCUT2D eigenvalue weighted by Crippen LogP contribution is 2.47. The highest BCUT2D eigenvalue weighted by molar-refractivity contribution is 5.68. The predicted octanol–water partition coefficient (Wildman–Crippen LogP) is 2.77. The highest BCUT2D eigenvalue weighted by atomic mass is 16.6. The summed E-state index contributed by atoms with van der Waals surface area (Å²) in [7, 11) is 0. The smallest absolute Gasteiger partial charge is 0.410 e. The van der Waals surface area contributed by atoms with Crippen molar-refractivity contribution in [3.8, 4) is 0 Å². The Kier molecular flexibility index (Phi) is 5.95. The second-order valence-corrected chi connectivity index (χ2v) is 8.48. The lowest BCUT2D eigenvalue weighted by atomic mass is 9.61. The number of rotatable bonds is 5. The quantitative estimate of drug-likeness (QED) is 0.815. The number of hydrogen-bond acceptors (Lipinski definition) is 4. The Morgan fingerprint density at radius 3 is 2.65 bits per heavy atom. The Hall–Kier alpha value is -0.810. The van der Waals surface area contributed by atoms with Gasteiger partial charge in [-0.3, -0.25) is 0 Å². The van der Waals surface area contributed by atoms with Gasteiger partial charge in [-0.1, -0.05) is 13.3 Å². The van der Waals surface area contributed by atoms with E-state index in [0.717, 1.165) is 32.5 Å². The van der Waals surface area contributed by atoms with E-state index in [1.165, 1.54) is 19.3 Å². The maximum absolute atomic E-state index is 12.4. The lowest BCUT2D eigenvalue weighted by molar-refractivity contribution is -0.0331. The summed E-state index contributed by atoms with van der Waals surface area (Å²) in [5.74, 6) is 0.487. The van der Waals surface area contributed by atoms with Gasteiger partial charge in [-0.05, 0) is 58.9 Å². The molecule has 23 heavy (non-hydrogen) atoms. The zero-order valence-electron chi connectivity index (χ0n) is 15.2. The Labute approximate surface area is 140 Å². The van der Waals surface area contributed by atoms with Crippen LogP contribution in [0.3, 0.4) is 0 Å². The van der Waals surface area contributed by atoms with Crippen molar-refractivity contribution in [2.24, 2.45) is 11.3 Å². The van der Waals surface area contributed by atoms with Crippen molar-refractivity contribution in [2.75, 3.05) is 26.2 Å². The minimum absolute atomic E-state index is 0.170. The summed E-state index contributed by atoms with van der Waals surface area (Å²) in [5, 5.41) is 12.8. The van der Waals surface area contributed by atoms with E-state index in [2.05, 4.69) is 12.2 Å². The molecule has 2 fully saturated rings. The molecule has 2 unspecified atom stereocenters. The molecule has 2 rings (SSSR count). The molecule has 5 heteroatoms. The van der Waals surface area contributed by atoms with E-state index in [-0.39, 0.29) is 18.1 Å². The number of ether oxygens (including phenoxy) is 1. The van der Waals surface area contributed by atoms with E-state index >= 15 is 0 Å². The molecule has 1 aliphatic heterocycles. The summed E-state index contributed by atoms with van der Waals surface area (Å²) in [6, 6.07) is 0.482. The number of nitrogens with one attached hydrogen (secondary N) is 1. The first kappa shape index (κ1) is 18.5. The van der Waals surface area contributed by atoms with Crippen molar-refractivity contribution in [1.29, 1.82) is 0 Å². The first-order chi connectivity index (χ1) is 10.8. The van der Waals surface area contributed by atoms with Crippen LogP contribution >= 0.6 is 0 Å². The largest absolute Gasteiger partial charge is 0.444 e. The molecular weight excluding hydrogens is 292 g/mol. The van der Waals surface area contributed by atoms with Gasteiger partial charge < -0.3 is 20.1 Å². The van der Waals surface area contributed by atoms with Crippen molar-refractivity contribution in [3.05, 3.63) is 0 Å². The first-order valence-corrected chi connectivity index (χ1v) is 9.08. The highest BCUT2D eigenvalue weighted by Gasteiger charge is 2.48. The molecule has 1 saturated carbocycles. The molecule has 2 atom stereocenters. The van der Waals surface area contributed by atoms with Gasteiger partial charge in [0, 0.05) is 31.2 Å². The SMILES string of the molecule is CC(CCO)CNC1CCN(C(=O)OC(C)(C)C)CC12CCC2. The molecule has 1 spiro atoms. The van der Waals surface area contributed by atoms with Gasteiger partial charge in [-0.15, -0.1) is 0 Å². The van der Waals surface area contributed by atoms with Crippen LogP contribution < -0.4 is 5.32 Å². The van der Waals surface area contributed by atoms with Crippen LogP contribution in [0.4, 0.5) is 4.79 Å². The van der Waals surface area contributed by atoms with Gasteiger partial charge >= 0.3 is 6.09 Å². The zero-order valence-corrected chi connectivity index (χ0v) is 15.2. The maximum Gasteiger partial charge on any atom is 0.410 e. The van der Waals surface area contributed by atoms with Gasteiger partial charge in [0.2, 0.25) is 0 Å². The van der Waals surface area contributed by atoms with Crippen molar-refractivity contribution in [3.63, 3.8) is 0 Å². The molecule has 0 radical (unpaired) electrons. The predicted molar refractivity (Wildman–Crippen MR) is 91.4 cm³/mol. The molecule has 2 N–H and O–H groups in total. The number of amides is 1. The second-order valence-electron chi connectivity index (χ2n) is 8.48. The molecule has 0 aromatic carbocycles. The molecule has 0 bridgehead atoms. The van der Waals surface area contributed by atoms with E-state index in [4.69, 9.17) is 9.84 Å². The summed E-state index contributed by atoms with van der Waals surface area (Å²) in [6.45, 7) is 10.7. The van der Waals surface area contributed by atoms with Crippen molar-refractivity contribution < 1.29 is 14.6 Å². The van der Waals surface area contributed by atoms with Crippen LogP contribution in [0.15, 0.2) is 0 Å². The second kappa shape index (κ2) is 7.39. The fourth-order valence-corrected chi connectivity index (χ4v) is 3.76. The molecule has 1 amide bonds. The molecular formula is C18H34N2O3. The fraction of sp³-hybridized carbons (Fsp3) is 0.944. The summed E-state index contributed by atoms with van der Waals surface area (Å²) < 4.78 is 5.54. The molecule has 0 aromatic heterocycles. The van der Waals surface area contributed by atoms with E-state index in [0.29, 0.717) is 12.0 Å². The van der Waals surface area contributed by atoms with Crippen LogP contribution in [0.1, 0.15) is 59.8 Å². The zero-order chi connectivity index (χ0) is 17.1. The minimum atomic E-state index is -0.432. The summed E-state index contributed by atoms with van der Waals surface area (Å²) in [6.07, 6.45) is 5.31. The van der Waals surface area contributed by atoms with E-state index in [9.17, 15) is 4.79 Å². The van der Waals surface area contributed by atoms with E-state index in [1.54, 1.807) is 0 Å². The monoisotopic (exact) mass is 326 g/mol. The van der Waals surface area contributed by atoms with Gasteiger partial charge in [-0.25, -0.2) is 4.79 Å². The molecule has 1 saturated heterocycles. The molecule has 1 aliphatic carbocycles. The average molecular weight is 326 g/mol. The van der Waals surface area contributed by atoms with Crippen molar-refractivity contribution >= 4 is 6.09 Å². The first-order valence-electron chi connectivity index (χ1n) is 9.08. The lowest BCUT2D eigenvalue weighted by Gasteiger charge is -2.54. The van der Waals surface area contributed by atoms with Gasteiger partial charge in [0.15, 0.2) is 0 Å². The van der Waals surface area contributed by atoms with Crippen LogP contribution in [0, 0.1) is 11.3 Å². The molecule has 1 heterocycles. The van der Waals surface area contributed by atoms with Gasteiger partial charge in [-0.2, -0.15) is 0 Å². The normalized spacial score (nSPS) is 25.1. The number of aliphatic hydroxyl groups is 1. The Morgan fingerprint density at radius 2 is 2.13 bits per heavy atom. The van der Waals surface area contributed by atoms with Crippen LogP contribution in [-0.2, 0) is 4.74 Å². The third-order valence-corrected chi connectivity index (χ3v) is 5.27. The molecule has 2 aliphatic rings. The number of piperidine rings is 1. The fourth-order valence-electron chi connectivity index (χ4n) is 3.76. The Morgan fingerprint density at radius 1 is 1.43 bits per heavy atom. The molecule has 0 aromatic rings. The number of nitrogens with zero attached hydrogens (tertiary/aromatic N) is 1. The standard InChI is InChI=1S/C18H34N2O3/c1-14(7-11-21)12-19-15-6-10-20(13-18(15)8-5-9-18)16(22)23-17(2,3)4/h14-15,19,21H,5-13H2,1-4H3. The maximum atomic E-state index is 12.4. The van der Waals surface area contributed by atoms with Crippen LogP contribution in [-0.4, -0.2) is 54.0 Å². The van der Waals surface area contributed by atoms with Gasteiger partial charge in [0.1, 0.15) is 5.60 Å². The van der Waals surface area contributed by atoms with Crippen molar-refractivity contribution in [2.45, 2.75) is 71.4 Å². The number of carbonyl (C=O) groups excluding carboxylic acids is 1. The minimum Gasteiger partial charge on any atom is -0.444 e. The van der Waals surface area contributed by atoms with Crippen LogP contribution in [0.25, 0.3) is 0 Å². The third kappa shape index (κ3) is 4.83. The number of aliphatic hydroxyl groups excluding tert-OH is 1. The topological polar surface area (TPSA) is 61.8 Å². The van der Waals surface area contributed by atoms with E-state index in [1.807, 2.05) is 25.7 Å². The number of hydrogen-bond donors (Lipinski definition) is 2. The average Bonchev–Trinajstić information content (AvgIpc) is 2.41.